The van der Waals surface area contributed by atoms with Crippen LogP contribution in [-0.4, -0.2) is 17.1 Å². The van der Waals surface area contributed by atoms with Crippen LogP contribution in [0, 0.1) is 5.82 Å². The van der Waals surface area contributed by atoms with E-state index in [0.29, 0.717) is 10.9 Å². The molecule has 0 aliphatic heterocycles. The van der Waals surface area contributed by atoms with E-state index in [0.717, 1.165) is 5.56 Å². The maximum Gasteiger partial charge on any atom is 0.180 e. The summed E-state index contributed by atoms with van der Waals surface area (Å²) in [6.45, 7) is 1.80. The van der Waals surface area contributed by atoms with E-state index in [1.54, 1.807) is 19.1 Å². The first kappa shape index (κ1) is 11.7. The Morgan fingerprint density at radius 3 is 2.40 bits per heavy atom. The van der Waals surface area contributed by atoms with Crippen molar-refractivity contribution in [3.8, 4) is 0 Å². The Hall–Kier alpha value is -1.36. The van der Waals surface area contributed by atoms with Gasteiger partial charge in [-0.15, -0.1) is 5.10 Å². The Morgan fingerprint density at radius 1 is 1.27 bits per heavy atom. The van der Waals surface area contributed by atoms with Gasteiger partial charge in [0.2, 0.25) is 0 Å². The van der Waals surface area contributed by atoms with Crippen molar-refractivity contribution in [3.63, 3.8) is 0 Å². The second kappa shape index (κ2) is 5.50. The lowest BCUT2D eigenvalue weighted by Crippen LogP contribution is -2.05. The number of nitrogens with two attached hydrogens (primary N) is 1. The molecular formula is C10H12FN3S. The Kier molecular flexibility index (Phi) is 4.30. The van der Waals surface area contributed by atoms with E-state index >= 15 is 0 Å². The van der Waals surface area contributed by atoms with Crippen LogP contribution in [0.4, 0.5) is 4.39 Å². The fourth-order valence-corrected chi connectivity index (χ4v) is 1.04. The minimum Gasteiger partial charge on any atom is -0.377 e. The largest absolute Gasteiger partial charge is 0.377 e. The number of nitrogens with zero attached hydrogens (tertiary/aromatic N) is 2. The standard InChI is InChI=1S/C10H12FN3S/c1-7(13-14-10(12)15-2)8-3-5-9(11)6-4-8/h3-6H,1-2H3,(H2,12,14)/b13-7+. The van der Waals surface area contributed by atoms with Gasteiger partial charge in [-0.25, -0.2) is 4.39 Å². The summed E-state index contributed by atoms with van der Waals surface area (Å²) in [6.07, 6.45) is 1.82. The van der Waals surface area contributed by atoms with Crippen molar-refractivity contribution in [2.75, 3.05) is 6.26 Å². The highest BCUT2D eigenvalue weighted by atomic mass is 32.2. The molecule has 0 spiro atoms. The van der Waals surface area contributed by atoms with E-state index in [4.69, 9.17) is 5.73 Å². The van der Waals surface area contributed by atoms with E-state index in [2.05, 4.69) is 10.2 Å². The highest BCUT2D eigenvalue weighted by Crippen LogP contribution is 2.04. The third-order valence-electron chi connectivity index (χ3n) is 1.77. The van der Waals surface area contributed by atoms with E-state index in [1.165, 1.54) is 23.9 Å². The van der Waals surface area contributed by atoms with Crippen LogP contribution in [0.1, 0.15) is 12.5 Å². The molecule has 0 heterocycles. The molecule has 0 aliphatic rings. The zero-order chi connectivity index (χ0) is 11.3. The van der Waals surface area contributed by atoms with E-state index in [1.807, 2.05) is 6.26 Å². The molecule has 0 unspecified atom stereocenters. The summed E-state index contributed by atoms with van der Waals surface area (Å²) >= 11 is 1.33. The van der Waals surface area contributed by atoms with Gasteiger partial charge in [0.25, 0.3) is 0 Å². The summed E-state index contributed by atoms with van der Waals surface area (Å²) in [6, 6.07) is 6.07. The number of amidine groups is 1. The van der Waals surface area contributed by atoms with Crippen molar-refractivity contribution < 1.29 is 4.39 Å². The Balaban J connectivity index is 2.85. The zero-order valence-electron chi connectivity index (χ0n) is 8.57. The lowest BCUT2D eigenvalue weighted by atomic mass is 10.1. The van der Waals surface area contributed by atoms with Crippen molar-refractivity contribution in [1.82, 2.24) is 0 Å². The van der Waals surface area contributed by atoms with Crippen LogP contribution in [0.25, 0.3) is 0 Å². The third-order valence-corrected chi connectivity index (χ3v) is 2.27. The number of hydrogen-bond donors (Lipinski definition) is 1. The fourth-order valence-electron chi connectivity index (χ4n) is 0.914. The van der Waals surface area contributed by atoms with Crippen LogP contribution >= 0.6 is 11.8 Å². The predicted molar refractivity (Wildman–Crippen MR) is 63.7 cm³/mol. The molecule has 0 saturated carbocycles. The monoisotopic (exact) mass is 225 g/mol. The average molecular weight is 225 g/mol. The van der Waals surface area contributed by atoms with E-state index < -0.39 is 0 Å². The molecule has 1 aromatic rings. The zero-order valence-corrected chi connectivity index (χ0v) is 9.38. The molecule has 0 bridgehead atoms. The summed E-state index contributed by atoms with van der Waals surface area (Å²) in [5.74, 6) is -0.265. The quantitative estimate of drug-likeness (QED) is 0.476. The van der Waals surface area contributed by atoms with Gasteiger partial charge in [0.05, 0.1) is 5.71 Å². The first-order chi connectivity index (χ1) is 7.13. The molecule has 0 aliphatic carbocycles. The van der Waals surface area contributed by atoms with Crippen molar-refractivity contribution in [3.05, 3.63) is 35.6 Å². The fraction of sp³-hybridized carbons (Fsp3) is 0.200. The molecule has 0 fully saturated rings. The maximum absolute atomic E-state index is 12.6. The molecule has 0 amide bonds. The highest BCUT2D eigenvalue weighted by Gasteiger charge is 1.97. The Labute approximate surface area is 92.3 Å². The van der Waals surface area contributed by atoms with E-state index in [-0.39, 0.29) is 5.82 Å². The first-order valence-electron chi connectivity index (χ1n) is 4.31. The van der Waals surface area contributed by atoms with Crippen LogP contribution < -0.4 is 5.73 Å². The molecule has 2 N–H and O–H groups in total. The second-order valence-electron chi connectivity index (χ2n) is 2.83. The van der Waals surface area contributed by atoms with Crippen LogP contribution in [0.15, 0.2) is 34.5 Å². The Morgan fingerprint density at radius 2 is 1.87 bits per heavy atom. The number of hydrogen-bond acceptors (Lipinski definition) is 3. The summed E-state index contributed by atoms with van der Waals surface area (Å²) < 4.78 is 12.6. The average Bonchev–Trinajstić information content (AvgIpc) is 2.26. The molecule has 1 rings (SSSR count). The van der Waals surface area contributed by atoms with Crippen LogP contribution in [-0.2, 0) is 0 Å². The van der Waals surface area contributed by atoms with Gasteiger partial charge in [-0.05, 0) is 30.9 Å². The molecule has 5 heteroatoms. The van der Waals surface area contributed by atoms with Gasteiger partial charge >= 0.3 is 0 Å². The lowest BCUT2D eigenvalue weighted by molar-refractivity contribution is 0.628. The molecule has 80 valence electrons. The van der Waals surface area contributed by atoms with Crippen molar-refractivity contribution >= 4 is 22.6 Å². The van der Waals surface area contributed by atoms with Crippen molar-refractivity contribution in [2.24, 2.45) is 15.9 Å². The minimum absolute atomic E-state index is 0.265. The number of thioether (sulfide) groups is 1. The smallest absolute Gasteiger partial charge is 0.180 e. The van der Waals surface area contributed by atoms with Gasteiger partial charge in [-0.3, -0.25) is 0 Å². The number of rotatable bonds is 2. The minimum atomic E-state index is -0.265. The number of benzene rings is 1. The molecule has 0 atom stereocenters. The van der Waals surface area contributed by atoms with Gasteiger partial charge in [0.1, 0.15) is 5.82 Å². The van der Waals surface area contributed by atoms with Crippen molar-refractivity contribution in [1.29, 1.82) is 0 Å². The molecule has 0 radical (unpaired) electrons. The van der Waals surface area contributed by atoms with Crippen LogP contribution in [0.3, 0.4) is 0 Å². The van der Waals surface area contributed by atoms with Gasteiger partial charge in [-0.2, -0.15) is 5.10 Å². The highest BCUT2D eigenvalue weighted by molar-refractivity contribution is 8.13. The summed E-state index contributed by atoms with van der Waals surface area (Å²) in [7, 11) is 0. The van der Waals surface area contributed by atoms with Crippen molar-refractivity contribution in [2.45, 2.75) is 6.92 Å². The molecular weight excluding hydrogens is 213 g/mol. The normalized spacial score (nSPS) is 13.0. The Bertz CT molecular complexity index is 384. The van der Waals surface area contributed by atoms with Gasteiger partial charge in [0.15, 0.2) is 5.17 Å². The molecule has 0 saturated heterocycles. The van der Waals surface area contributed by atoms with Crippen LogP contribution in [0.5, 0.6) is 0 Å². The molecule has 15 heavy (non-hydrogen) atoms. The third kappa shape index (κ3) is 3.71. The topological polar surface area (TPSA) is 50.7 Å². The lowest BCUT2D eigenvalue weighted by Gasteiger charge is -1.98. The summed E-state index contributed by atoms with van der Waals surface area (Å²) in [4.78, 5) is 0. The maximum atomic E-state index is 12.6. The summed E-state index contributed by atoms with van der Waals surface area (Å²) in [5.41, 5.74) is 7.00. The van der Waals surface area contributed by atoms with Gasteiger partial charge in [0, 0.05) is 0 Å². The first-order valence-corrected chi connectivity index (χ1v) is 5.53. The van der Waals surface area contributed by atoms with E-state index in [9.17, 15) is 4.39 Å². The van der Waals surface area contributed by atoms with Gasteiger partial charge < -0.3 is 5.73 Å². The molecule has 0 aromatic heterocycles. The summed E-state index contributed by atoms with van der Waals surface area (Å²) in [5, 5.41) is 8.12. The molecule has 1 aromatic carbocycles. The second-order valence-corrected chi connectivity index (χ2v) is 3.66. The SMILES string of the molecule is CS/C(N)=N\N=C(/C)c1ccc(F)cc1. The van der Waals surface area contributed by atoms with Gasteiger partial charge in [-0.1, -0.05) is 23.9 Å². The predicted octanol–water partition coefficient (Wildman–Crippen LogP) is 2.23. The molecule has 3 nitrogen and oxygen atoms in total. The number of halogens is 1. The van der Waals surface area contributed by atoms with Crippen LogP contribution in [0.2, 0.25) is 0 Å².